The van der Waals surface area contributed by atoms with Gasteiger partial charge >= 0.3 is 0 Å². The molecule has 6 heteroatoms. The van der Waals surface area contributed by atoms with Crippen LogP contribution < -0.4 is 4.90 Å². The quantitative estimate of drug-likeness (QED) is 0.908. The molecule has 6 nitrogen and oxygen atoms in total. The first-order chi connectivity index (χ1) is 10.8. The van der Waals surface area contributed by atoms with Crippen molar-refractivity contribution >= 4 is 11.6 Å². The average molecular weight is 299 g/mol. The van der Waals surface area contributed by atoms with Gasteiger partial charge in [0.15, 0.2) is 0 Å². The molecule has 0 unspecified atom stereocenters. The van der Waals surface area contributed by atoms with Crippen LogP contribution in [0, 0.1) is 0 Å². The van der Waals surface area contributed by atoms with Gasteiger partial charge in [-0.15, -0.1) is 0 Å². The van der Waals surface area contributed by atoms with E-state index in [4.69, 9.17) is 0 Å². The molecule has 2 aromatic heterocycles. The summed E-state index contributed by atoms with van der Waals surface area (Å²) < 4.78 is 0. The molecule has 1 aliphatic rings. The standard InChI is InChI=1S/C16H21N5O/c22-16(3-1-2-14-12-18-19-13-14)21-10-8-20(9-11-21)15-4-6-17-7-5-15/h4-7,12-13H,1-3,8-11H2,(H,18,19). The van der Waals surface area contributed by atoms with Crippen LogP contribution >= 0.6 is 0 Å². The molecule has 1 N–H and O–H groups in total. The number of pyridine rings is 1. The minimum atomic E-state index is 0.262. The number of nitrogens with zero attached hydrogens (tertiary/aromatic N) is 4. The molecule has 2 aromatic rings. The molecule has 1 amide bonds. The van der Waals surface area contributed by atoms with Crippen molar-refractivity contribution in [2.45, 2.75) is 19.3 Å². The van der Waals surface area contributed by atoms with Crippen LogP contribution in [0.15, 0.2) is 36.9 Å². The number of H-pyrrole nitrogens is 1. The summed E-state index contributed by atoms with van der Waals surface area (Å²) in [6, 6.07) is 4.03. The van der Waals surface area contributed by atoms with E-state index in [1.54, 1.807) is 0 Å². The molecule has 3 heterocycles. The summed E-state index contributed by atoms with van der Waals surface area (Å²) in [4.78, 5) is 20.6. The third kappa shape index (κ3) is 3.63. The van der Waals surface area contributed by atoms with E-state index in [-0.39, 0.29) is 5.91 Å². The first-order valence-electron chi connectivity index (χ1n) is 7.73. The smallest absolute Gasteiger partial charge is 0.222 e. The number of carbonyl (C=O) groups is 1. The van der Waals surface area contributed by atoms with Crippen molar-refractivity contribution in [2.75, 3.05) is 31.1 Å². The fraction of sp³-hybridized carbons (Fsp3) is 0.438. The minimum absolute atomic E-state index is 0.262. The van der Waals surface area contributed by atoms with Crippen LogP contribution in [0.3, 0.4) is 0 Å². The SMILES string of the molecule is O=C(CCCc1cn[nH]c1)N1CCN(c2ccncc2)CC1. The van der Waals surface area contributed by atoms with Gasteiger partial charge < -0.3 is 9.80 Å². The van der Waals surface area contributed by atoms with Crippen LogP contribution in [-0.4, -0.2) is 52.2 Å². The lowest BCUT2D eigenvalue weighted by Crippen LogP contribution is -2.48. The van der Waals surface area contributed by atoms with Crippen molar-refractivity contribution in [1.29, 1.82) is 0 Å². The van der Waals surface area contributed by atoms with E-state index in [1.165, 1.54) is 5.69 Å². The maximum Gasteiger partial charge on any atom is 0.222 e. The van der Waals surface area contributed by atoms with Crippen LogP contribution in [0.4, 0.5) is 5.69 Å². The maximum absolute atomic E-state index is 12.2. The lowest BCUT2D eigenvalue weighted by Gasteiger charge is -2.36. The van der Waals surface area contributed by atoms with Crippen molar-refractivity contribution in [1.82, 2.24) is 20.1 Å². The molecular weight excluding hydrogens is 278 g/mol. The number of carbonyl (C=O) groups excluding carboxylic acids is 1. The summed E-state index contributed by atoms with van der Waals surface area (Å²) in [7, 11) is 0. The monoisotopic (exact) mass is 299 g/mol. The molecule has 1 aliphatic heterocycles. The first-order valence-corrected chi connectivity index (χ1v) is 7.73. The van der Waals surface area contributed by atoms with Gasteiger partial charge in [-0.1, -0.05) is 0 Å². The van der Waals surface area contributed by atoms with E-state index in [1.807, 2.05) is 41.8 Å². The molecule has 0 radical (unpaired) electrons. The Kier molecular flexibility index (Phi) is 4.68. The minimum Gasteiger partial charge on any atom is -0.368 e. The highest BCUT2D eigenvalue weighted by atomic mass is 16.2. The highest BCUT2D eigenvalue weighted by Gasteiger charge is 2.20. The maximum atomic E-state index is 12.2. The van der Waals surface area contributed by atoms with Gasteiger partial charge in [0.2, 0.25) is 5.91 Å². The Morgan fingerprint density at radius 2 is 1.95 bits per heavy atom. The zero-order valence-electron chi connectivity index (χ0n) is 12.6. The highest BCUT2D eigenvalue weighted by molar-refractivity contribution is 5.76. The third-order valence-electron chi connectivity index (χ3n) is 4.07. The van der Waals surface area contributed by atoms with Gasteiger partial charge in [0.05, 0.1) is 6.20 Å². The van der Waals surface area contributed by atoms with Gasteiger partial charge in [-0.25, -0.2) is 0 Å². The predicted molar refractivity (Wildman–Crippen MR) is 84.6 cm³/mol. The molecule has 22 heavy (non-hydrogen) atoms. The second-order valence-electron chi connectivity index (χ2n) is 5.53. The number of nitrogens with one attached hydrogen (secondary N) is 1. The number of rotatable bonds is 5. The number of aryl methyl sites for hydroxylation is 1. The second kappa shape index (κ2) is 7.06. The van der Waals surface area contributed by atoms with Gasteiger partial charge in [0.25, 0.3) is 0 Å². The van der Waals surface area contributed by atoms with Crippen molar-refractivity contribution in [3.63, 3.8) is 0 Å². The number of aromatic nitrogens is 3. The Hall–Kier alpha value is -2.37. The van der Waals surface area contributed by atoms with E-state index in [9.17, 15) is 4.79 Å². The summed E-state index contributed by atoms with van der Waals surface area (Å²) in [6.07, 6.45) is 9.71. The van der Waals surface area contributed by atoms with Gasteiger partial charge in [0, 0.05) is 56.9 Å². The van der Waals surface area contributed by atoms with Gasteiger partial charge in [-0.3, -0.25) is 14.9 Å². The molecular formula is C16H21N5O. The molecule has 0 bridgehead atoms. The summed E-state index contributed by atoms with van der Waals surface area (Å²) in [5.41, 5.74) is 2.34. The van der Waals surface area contributed by atoms with Gasteiger partial charge in [0.1, 0.15) is 0 Å². The second-order valence-corrected chi connectivity index (χ2v) is 5.53. The largest absolute Gasteiger partial charge is 0.368 e. The molecule has 0 spiro atoms. The zero-order chi connectivity index (χ0) is 15.2. The van der Waals surface area contributed by atoms with Crippen molar-refractivity contribution in [3.05, 3.63) is 42.5 Å². The molecule has 0 saturated carbocycles. The topological polar surface area (TPSA) is 65.1 Å². The fourth-order valence-electron chi connectivity index (χ4n) is 2.79. The Morgan fingerprint density at radius 3 is 2.64 bits per heavy atom. The first kappa shape index (κ1) is 14.6. The number of amides is 1. The lowest BCUT2D eigenvalue weighted by molar-refractivity contribution is -0.131. The number of anilines is 1. The Morgan fingerprint density at radius 1 is 1.18 bits per heavy atom. The molecule has 1 saturated heterocycles. The summed E-state index contributed by atoms with van der Waals surface area (Å²) in [5, 5.41) is 6.71. The van der Waals surface area contributed by atoms with Crippen molar-refractivity contribution in [3.8, 4) is 0 Å². The Bertz CT molecular complexity index is 576. The van der Waals surface area contributed by atoms with Gasteiger partial charge in [-0.05, 0) is 30.5 Å². The van der Waals surface area contributed by atoms with Crippen molar-refractivity contribution in [2.24, 2.45) is 0 Å². The Balaban J connectivity index is 1.42. The molecule has 116 valence electrons. The van der Waals surface area contributed by atoms with Gasteiger partial charge in [-0.2, -0.15) is 5.10 Å². The summed E-state index contributed by atoms with van der Waals surface area (Å²) >= 11 is 0. The molecule has 0 atom stereocenters. The third-order valence-corrected chi connectivity index (χ3v) is 4.07. The van der Waals surface area contributed by atoms with E-state index < -0.39 is 0 Å². The Labute approximate surface area is 130 Å². The summed E-state index contributed by atoms with van der Waals surface area (Å²) in [5.74, 6) is 0.262. The zero-order valence-corrected chi connectivity index (χ0v) is 12.6. The number of hydrogen-bond donors (Lipinski definition) is 1. The number of hydrogen-bond acceptors (Lipinski definition) is 4. The van der Waals surface area contributed by atoms with E-state index in [2.05, 4.69) is 20.1 Å². The molecule has 0 aliphatic carbocycles. The van der Waals surface area contributed by atoms with E-state index in [0.717, 1.165) is 44.6 Å². The number of piperazine rings is 1. The fourth-order valence-corrected chi connectivity index (χ4v) is 2.79. The summed E-state index contributed by atoms with van der Waals surface area (Å²) in [6.45, 7) is 3.37. The van der Waals surface area contributed by atoms with Crippen LogP contribution in [0.5, 0.6) is 0 Å². The highest BCUT2D eigenvalue weighted by Crippen LogP contribution is 2.15. The lowest BCUT2D eigenvalue weighted by atomic mass is 10.1. The normalized spacial score (nSPS) is 15.1. The van der Waals surface area contributed by atoms with Crippen LogP contribution in [-0.2, 0) is 11.2 Å². The number of aromatic amines is 1. The molecule has 1 fully saturated rings. The van der Waals surface area contributed by atoms with Crippen LogP contribution in [0.25, 0.3) is 0 Å². The van der Waals surface area contributed by atoms with Crippen molar-refractivity contribution < 1.29 is 4.79 Å². The van der Waals surface area contributed by atoms with Crippen LogP contribution in [0.1, 0.15) is 18.4 Å². The molecule has 3 rings (SSSR count). The average Bonchev–Trinajstić information content (AvgIpc) is 3.09. The van der Waals surface area contributed by atoms with Crippen LogP contribution in [0.2, 0.25) is 0 Å². The predicted octanol–water partition coefficient (Wildman–Crippen LogP) is 1.48. The van der Waals surface area contributed by atoms with E-state index >= 15 is 0 Å². The molecule has 0 aromatic carbocycles. The van der Waals surface area contributed by atoms with E-state index in [0.29, 0.717) is 6.42 Å².